The zero-order valence-electron chi connectivity index (χ0n) is 12.7. The van der Waals surface area contributed by atoms with E-state index in [0.29, 0.717) is 5.92 Å². The van der Waals surface area contributed by atoms with E-state index in [9.17, 15) is 0 Å². The van der Waals surface area contributed by atoms with Gasteiger partial charge in [-0.15, -0.1) is 0 Å². The molecule has 1 rings (SSSR count). The van der Waals surface area contributed by atoms with Gasteiger partial charge in [0.2, 0.25) is 0 Å². The highest BCUT2D eigenvalue weighted by Gasteiger charge is 1.97. The Morgan fingerprint density at radius 2 is 2.16 bits per heavy atom. The van der Waals surface area contributed by atoms with Crippen LogP contribution in [-0.4, -0.2) is 0 Å². The predicted octanol–water partition coefficient (Wildman–Crippen LogP) is 6.15. The van der Waals surface area contributed by atoms with Crippen molar-refractivity contribution in [1.29, 1.82) is 0 Å². The van der Waals surface area contributed by atoms with E-state index >= 15 is 0 Å². The monoisotopic (exact) mass is 256 g/mol. The second kappa shape index (κ2) is 9.61. The highest BCUT2D eigenvalue weighted by Crippen LogP contribution is 2.16. The molecule has 0 bridgehead atoms. The summed E-state index contributed by atoms with van der Waals surface area (Å²) in [5.41, 5.74) is 2.99. The number of hydrogen-bond acceptors (Lipinski definition) is 0. The fourth-order valence-electron chi connectivity index (χ4n) is 2.41. The fourth-order valence-corrected chi connectivity index (χ4v) is 2.41. The second-order valence-electron chi connectivity index (χ2n) is 5.41. The molecule has 104 valence electrons. The van der Waals surface area contributed by atoms with Gasteiger partial charge in [0.05, 0.1) is 0 Å². The third-order valence-corrected chi connectivity index (χ3v) is 3.38. The molecule has 0 heterocycles. The predicted molar refractivity (Wildman–Crippen MR) is 87.2 cm³/mol. The van der Waals surface area contributed by atoms with Gasteiger partial charge in [0.15, 0.2) is 0 Å². The zero-order valence-corrected chi connectivity index (χ0v) is 12.7. The summed E-state index contributed by atoms with van der Waals surface area (Å²) < 4.78 is 0. The van der Waals surface area contributed by atoms with Crippen molar-refractivity contribution in [3.63, 3.8) is 0 Å². The first-order valence-corrected chi connectivity index (χ1v) is 7.54. The molecular formula is C19H28. The molecule has 0 aliphatic heterocycles. The highest BCUT2D eigenvalue weighted by molar-refractivity contribution is 5.27. The lowest BCUT2D eigenvalue weighted by Crippen LogP contribution is -1.87. The van der Waals surface area contributed by atoms with Gasteiger partial charge in [0, 0.05) is 0 Å². The maximum atomic E-state index is 2.38. The Morgan fingerprint density at radius 3 is 2.95 bits per heavy atom. The maximum absolute atomic E-state index is 2.38. The Kier molecular flexibility index (Phi) is 7.97. The molecule has 0 heteroatoms. The van der Waals surface area contributed by atoms with Crippen LogP contribution >= 0.6 is 0 Å². The smallest absolute Gasteiger partial charge is 0.00794 e. The third-order valence-electron chi connectivity index (χ3n) is 3.38. The van der Waals surface area contributed by atoms with Crippen molar-refractivity contribution in [1.82, 2.24) is 0 Å². The summed E-state index contributed by atoms with van der Waals surface area (Å²) in [7, 11) is 0. The van der Waals surface area contributed by atoms with Gasteiger partial charge in [0.25, 0.3) is 0 Å². The third kappa shape index (κ3) is 7.66. The van der Waals surface area contributed by atoms with Crippen LogP contribution < -0.4 is 0 Å². The molecule has 19 heavy (non-hydrogen) atoms. The van der Waals surface area contributed by atoms with E-state index in [1.165, 1.54) is 36.8 Å². The van der Waals surface area contributed by atoms with Gasteiger partial charge in [-0.05, 0) is 57.4 Å². The molecule has 0 aromatic heterocycles. The molecule has 0 fully saturated rings. The van der Waals surface area contributed by atoms with Crippen LogP contribution in [0.25, 0.3) is 0 Å². The second-order valence-corrected chi connectivity index (χ2v) is 5.41. The average Bonchev–Trinajstić information content (AvgIpc) is 2.63. The number of hydrogen-bond donors (Lipinski definition) is 0. The summed E-state index contributed by atoms with van der Waals surface area (Å²) in [6.45, 7) is 6.59. The minimum atomic E-state index is 0.572. The fraction of sp³-hybridized carbons (Fsp3) is 0.474. The largest absolute Gasteiger partial charge is 0.0911 e. The van der Waals surface area contributed by atoms with E-state index in [-0.39, 0.29) is 0 Å². The van der Waals surface area contributed by atoms with Crippen molar-refractivity contribution in [2.45, 2.75) is 52.9 Å². The number of unbranched alkanes of at least 4 members (excludes halogenated alkanes) is 1. The van der Waals surface area contributed by atoms with Crippen LogP contribution in [0.4, 0.5) is 0 Å². The molecule has 0 aromatic carbocycles. The molecule has 1 atom stereocenters. The van der Waals surface area contributed by atoms with E-state index in [1.807, 2.05) is 0 Å². The first kappa shape index (κ1) is 15.8. The normalized spacial score (nSPS) is 17.6. The van der Waals surface area contributed by atoms with E-state index in [0.717, 1.165) is 6.42 Å². The SMILES string of the molecule is C/C=C\C(C)/C=C(\C)CCCCC1=CC=CCC=C1. The molecule has 1 aliphatic carbocycles. The molecule has 0 aromatic rings. The van der Waals surface area contributed by atoms with Crippen molar-refractivity contribution < 1.29 is 0 Å². The lowest BCUT2D eigenvalue weighted by molar-refractivity contribution is 0.725. The van der Waals surface area contributed by atoms with Crippen LogP contribution in [-0.2, 0) is 0 Å². The first-order chi connectivity index (χ1) is 9.22. The van der Waals surface area contributed by atoms with Gasteiger partial charge < -0.3 is 0 Å². The summed E-state index contributed by atoms with van der Waals surface area (Å²) in [5, 5.41) is 0. The average molecular weight is 256 g/mol. The Labute approximate surface area is 119 Å². The molecular weight excluding hydrogens is 228 g/mol. The number of allylic oxidation sites excluding steroid dienone is 10. The number of rotatable bonds is 7. The van der Waals surface area contributed by atoms with Crippen molar-refractivity contribution in [3.8, 4) is 0 Å². The first-order valence-electron chi connectivity index (χ1n) is 7.54. The Morgan fingerprint density at radius 1 is 1.32 bits per heavy atom. The van der Waals surface area contributed by atoms with E-state index in [4.69, 9.17) is 0 Å². The van der Waals surface area contributed by atoms with E-state index < -0.39 is 0 Å². The van der Waals surface area contributed by atoms with Crippen LogP contribution in [0.1, 0.15) is 52.9 Å². The minimum Gasteiger partial charge on any atom is -0.0911 e. The molecule has 0 saturated heterocycles. The summed E-state index contributed by atoms with van der Waals surface area (Å²) in [6.07, 6.45) is 24.0. The van der Waals surface area contributed by atoms with Crippen molar-refractivity contribution in [2.24, 2.45) is 5.92 Å². The molecule has 1 unspecified atom stereocenters. The standard InChI is InChI=1S/C19H28/c1-4-11-17(2)16-18(3)12-9-10-15-19-13-7-5-6-8-14-19/h4-5,7-8,11,13-14,16-17H,6,9-10,12,15H2,1-3H3/b11-4-,18-16+. The summed E-state index contributed by atoms with van der Waals surface area (Å²) in [4.78, 5) is 0. The van der Waals surface area contributed by atoms with Crippen LogP contribution in [0.15, 0.2) is 59.8 Å². The molecule has 0 radical (unpaired) electrons. The Hall–Kier alpha value is -1.30. The van der Waals surface area contributed by atoms with Crippen LogP contribution in [0.2, 0.25) is 0 Å². The summed E-state index contributed by atoms with van der Waals surface area (Å²) in [5.74, 6) is 0.572. The van der Waals surface area contributed by atoms with Crippen molar-refractivity contribution in [2.75, 3.05) is 0 Å². The summed E-state index contributed by atoms with van der Waals surface area (Å²) in [6, 6.07) is 0. The lowest BCUT2D eigenvalue weighted by Gasteiger charge is -2.05. The van der Waals surface area contributed by atoms with E-state index in [1.54, 1.807) is 0 Å². The molecule has 0 spiro atoms. The Balaban J connectivity index is 2.23. The molecule has 0 N–H and O–H groups in total. The summed E-state index contributed by atoms with van der Waals surface area (Å²) >= 11 is 0. The van der Waals surface area contributed by atoms with Crippen LogP contribution in [0.5, 0.6) is 0 Å². The van der Waals surface area contributed by atoms with Gasteiger partial charge in [-0.1, -0.05) is 61.1 Å². The lowest BCUT2D eigenvalue weighted by atomic mass is 10.0. The molecule has 1 aliphatic rings. The maximum Gasteiger partial charge on any atom is -0.00794 e. The van der Waals surface area contributed by atoms with Gasteiger partial charge in [-0.3, -0.25) is 0 Å². The topological polar surface area (TPSA) is 0 Å². The van der Waals surface area contributed by atoms with Crippen molar-refractivity contribution >= 4 is 0 Å². The highest BCUT2D eigenvalue weighted by atomic mass is 14.0. The van der Waals surface area contributed by atoms with Gasteiger partial charge in [-0.2, -0.15) is 0 Å². The minimum absolute atomic E-state index is 0.572. The van der Waals surface area contributed by atoms with Gasteiger partial charge >= 0.3 is 0 Å². The quantitative estimate of drug-likeness (QED) is 0.378. The van der Waals surface area contributed by atoms with Crippen LogP contribution in [0, 0.1) is 5.92 Å². The van der Waals surface area contributed by atoms with Crippen molar-refractivity contribution in [3.05, 3.63) is 59.8 Å². The molecule has 0 nitrogen and oxygen atoms in total. The molecule has 0 amide bonds. The zero-order chi connectivity index (χ0) is 13.9. The van der Waals surface area contributed by atoms with Crippen LogP contribution in [0.3, 0.4) is 0 Å². The van der Waals surface area contributed by atoms with E-state index in [2.05, 4.69) is 69.4 Å². The Bertz CT molecular complexity index is 388. The molecule has 0 saturated carbocycles. The van der Waals surface area contributed by atoms with Gasteiger partial charge in [-0.25, -0.2) is 0 Å². The van der Waals surface area contributed by atoms with Gasteiger partial charge in [0.1, 0.15) is 0 Å².